The Hall–Kier alpha value is -3.61. The van der Waals surface area contributed by atoms with Crippen LogP contribution in [0.5, 0.6) is 5.75 Å². The van der Waals surface area contributed by atoms with Crippen LogP contribution in [0.4, 0.5) is 5.69 Å². The van der Waals surface area contributed by atoms with Gasteiger partial charge in [0.2, 0.25) is 11.8 Å². The number of hydrogen-bond donors (Lipinski definition) is 1. The number of nitrogens with one attached hydrogen (secondary N) is 1. The lowest BCUT2D eigenvalue weighted by Crippen LogP contribution is -2.49. The van der Waals surface area contributed by atoms with Crippen LogP contribution in [-0.2, 0) is 16.1 Å². The predicted molar refractivity (Wildman–Crippen MR) is 143 cm³/mol. The average molecular weight is 491 g/mol. The molecule has 3 rings (SSSR count). The lowest BCUT2D eigenvalue weighted by molar-refractivity contribution is -0.127. The molecule has 0 spiro atoms. The van der Waals surface area contributed by atoms with Crippen LogP contribution in [-0.4, -0.2) is 33.7 Å². The number of carbonyl (C=O) groups is 2. The fraction of sp³-hybridized carbons (Fsp3) is 0.414. The van der Waals surface area contributed by atoms with Gasteiger partial charge in [-0.1, -0.05) is 29.8 Å². The molecule has 1 aromatic heterocycles. The second kappa shape index (κ2) is 11.4. The second-order valence-corrected chi connectivity index (χ2v) is 10.1. The summed E-state index contributed by atoms with van der Waals surface area (Å²) >= 11 is 0. The SMILES string of the molecule is CCOc1ccc([C@H](C(=O)NC(C)(C)C)N(C(=O)CCn2nc(C)cc2C)c2ccc(C)cc2)cc1. The summed E-state index contributed by atoms with van der Waals surface area (Å²) in [6, 6.07) is 16.2. The van der Waals surface area contributed by atoms with Gasteiger partial charge in [-0.3, -0.25) is 19.2 Å². The van der Waals surface area contributed by atoms with Crippen molar-refractivity contribution in [3.63, 3.8) is 0 Å². The summed E-state index contributed by atoms with van der Waals surface area (Å²) in [6.45, 7) is 14.6. The maximum atomic E-state index is 13.9. The van der Waals surface area contributed by atoms with Crippen LogP contribution in [0.2, 0.25) is 0 Å². The van der Waals surface area contributed by atoms with E-state index in [0.29, 0.717) is 30.2 Å². The van der Waals surface area contributed by atoms with E-state index in [2.05, 4.69) is 10.4 Å². The topological polar surface area (TPSA) is 76.5 Å². The van der Waals surface area contributed by atoms with E-state index >= 15 is 0 Å². The second-order valence-electron chi connectivity index (χ2n) is 10.1. The molecule has 0 unspecified atom stereocenters. The predicted octanol–water partition coefficient (Wildman–Crippen LogP) is 5.29. The van der Waals surface area contributed by atoms with Crippen LogP contribution < -0.4 is 15.0 Å². The molecule has 7 nitrogen and oxygen atoms in total. The molecule has 0 aliphatic carbocycles. The minimum absolute atomic E-state index is 0.158. The first-order valence-corrected chi connectivity index (χ1v) is 12.4. The molecule has 0 aliphatic heterocycles. The van der Waals surface area contributed by atoms with Gasteiger partial charge in [-0.15, -0.1) is 0 Å². The van der Waals surface area contributed by atoms with Gasteiger partial charge in [-0.05, 0) is 84.4 Å². The molecular weight excluding hydrogens is 452 g/mol. The minimum atomic E-state index is -0.851. The van der Waals surface area contributed by atoms with E-state index in [1.807, 2.05) is 108 Å². The van der Waals surface area contributed by atoms with E-state index in [1.54, 1.807) is 4.90 Å². The van der Waals surface area contributed by atoms with Gasteiger partial charge < -0.3 is 10.1 Å². The van der Waals surface area contributed by atoms with Gasteiger partial charge in [0.05, 0.1) is 12.3 Å². The van der Waals surface area contributed by atoms with Gasteiger partial charge >= 0.3 is 0 Å². The number of anilines is 1. The Bertz CT molecular complexity index is 1170. The Labute approximate surface area is 214 Å². The van der Waals surface area contributed by atoms with Crippen LogP contribution in [0.3, 0.4) is 0 Å². The Morgan fingerprint density at radius 2 is 1.67 bits per heavy atom. The lowest BCUT2D eigenvalue weighted by atomic mass is 10.00. The summed E-state index contributed by atoms with van der Waals surface area (Å²) in [5.74, 6) is 0.315. The Kier molecular flexibility index (Phi) is 8.56. The van der Waals surface area contributed by atoms with Crippen LogP contribution in [0.15, 0.2) is 54.6 Å². The largest absolute Gasteiger partial charge is 0.494 e. The standard InChI is InChI=1S/C29H38N4O3/c1-8-36-25-15-11-23(12-16-25)27(28(35)30-29(5,6)7)33(24-13-9-20(2)10-14-24)26(34)17-18-32-22(4)19-21(3)31-32/h9-16,19,27H,8,17-18H2,1-7H3,(H,30,35)/t27-/m1/s1. The molecular formula is C29H38N4O3. The minimum Gasteiger partial charge on any atom is -0.494 e. The molecule has 1 heterocycles. The maximum Gasteiger partial charge on any atom is 0.248 e. The van der Waals surface area contributed by atoms with E-state index < -0.39 is 11.6 Å². The average Bonchev–Trinajstić information content (AvgIpc) is 3.13. The fourth-order valence-electron chi connectivity index (χ4n) is 4.13. The van der Waals surface area contributed by atoms with E-state index in [-0.39, 0.29) is 18.2 Å². The number of aromatic nitrogens is 2. The molecule has 0 fully saturated rings. The summed E-state index contributed by atoms with van der Waals surface area (Å²) in [5, 5.41) is 7.57. The smallest absolute Gasteiger partial charge is 0.248 e. The molecule has 0 bridgehead atoms. The first kappa shape index (κ1) is 27.0. The molecule has 7 heteroatoms. The third-order valence-corrected chi connectivity index (χ3v) is 5.73. The van der Waals surface area contributed by atoms with Gasteiger partial charge in [0.25, 0.3) is 0 Å². The van der Waals surface area contributed by atoms with Crippen molar-refractivity contribution in [1.82, 2.24) is 15.1 Å². The molecule has 0 saturated heterocycles. The van der Waals surface area contributed by atoms with Crippen molar-refractivity contribution < 1.29 is 14.3 Å². The van der Waals surface area contributed by atoms with Gasteiger partial charge in [0, 0.05) is 29.9 Å². The molecule has 1 atom stereocenters. The normalized spacial score (nSPS) is 12.2. The van der Waals surface area contributed by atoms with Gasteiger partial charge in [0.1, 0.15) is 11.8 Å². The summed E-state index contributed by atoms with van der Waals surface area (Å²) in [6.07, 6.45) is 0.201. The fourth-order valence-corrected chi connectivity index (χ4v) is 4.13. The zero-order chi connectivity index (χ0) is 26.5. The highest BCUT2D eigenvalue weighted by Crippen LogP contribution is 2.31. The van der Waals surface area contributed by atoms with E-state index in [1.165, 1.54) is 0 Å². The van der Waals surface area contributed by atoms with E-state index in [4.69, 9.17) is 4.74 Å². The summed E-state index contributed by atoms with van der Waals surface area (Å²) in [7, 11) is 0. The third kappa shape index (κ3) is 6.97. The monoisotopic (exact) mass is 490 g/mol. The van der Waals surface area contributed by atoms with E-state index in [9.17, 15) is 9.59 Å². The van der Waals surface area contributed by atoms with Crippen molar-refractivity contribution in [2.45, 2.75) is 73.0 Å². The number of benzene rings is 2. The van der Waals surface area contributed by atoms with Crippen LogP contribution in [0, 0.1) is 20.8 Å². The maximum absolute atomic E-state index is 13.9. The van der Waals surface area contributed by atoms with Crippen molar-refractivity contribution >= 4 is 17.5 Å². The molecule has 0 saturated carbocycles. The van der Waals surface area contributed by atoms with E-state index in [0.717, 1.165) is 17.0 Å². The van der Waals surface area contributed by atoms with Crippen LogP contribution in [0.25, 0.3) is 0 Å². The number of aryl methyl sites for hydroxylation is 4. The molecule has 3 aromatic rings. The summed E-state index contributed by atoms with van der Waals surface area (Å²) in [4.78, 5) is 29.2. The number of nitrogens with zero attached hydrogens (tertiary/aromatic N) is 3. The Morgan fingerprint density at radius 3 is 2.19 bits per heavy atom. The highest BCUT2D eigenvalue weighted by atomic mass is 16.5. The van der Waals surface area contributed by atoms with Gasteiger partial charge in [-0.25, -0.2) is 0 Å². The quantitative estimate of drug-likeness (QED) is 0.442. The van der Waals surface area contributed by atoms with Gasteiger partial charge in [-0.2, -0.15) is 5.10 Å². The first-order valence-electron chi connectivity index (χ1n) is 12.4. The Balaban J connectivity index is 2.04. The first-order chi connectivity index (χ1) is 17.0. The third-order valence-electron chi connectivity index (χ3n) is 5.73. The highest BCUT2D eigenvalue weighted by molar-refractivity contribution is 6.01. The number of hydrogen-bond acceptors (Lipinski definition) is 4. The number of ether oxygens (including phenoxy) is 1. The zero-order valence-electron chi connectivity index (χ0n) is 22.5. The van der Waals surface area contributed by atoms with Gasteiger partial charge in [0.15, 0.2) is 0 Å². The summed E-state index contributed by atoms with van der Waals surface area (Å²) in [5.41, 5.74) is 3.89. The molecule has 2 aromatic carbocycles. The van der Waals surface area contributed by atoms with Crippen molar-refractivity contribution in [2.24, 2.45) is 0 Å². The Morgan fingerprint density at radius 1 is 1.03 bits per heavy atom. The molecule has 2 amide bonds. The number of amides is 2. The van der Waals surface area contributed by atoms with Crippen molar-refractivity contribution in [3.8, 4) is 5.75 Å². The molecule has 0 aliphatic rings. The zero-order valence-corrected chi connectivity index (χ0v) is 22.5. The number of carbonyl (C=O) groups excluding carboxylic acids is 2. The number of rotatable bonds is 9. The molecule has 36 heavy (non-hydrogen) atoms. The lowest BCUT2D eigenvalue weighted by Gasteiger charge is -2.34. The van der Waals surface area contributed by atoms with Crippen LogP contribution >= 0.6 is 0 Å². The van der Waals surface area contributed by atoms with Crippen molar-refractivity contribution in [2.75, 3.05) is 11.5 Å². The molecule has 0 radical (unpaired) electrons. The molecule has 192 valence electrons. The summed E-state index contributed by atoms with van der Waals surface area (Å²) < 4.78 is 7.43. The highest BCUT2D eigenvalue weighted by Gasteiger charge is 2.34. The molecule has 1 N–H and O–H groups in total. The van der Waals surface area contributed by atoms with Crippen molar-refractivity contribution in [1.29, 1.82) is 0 Å². The van der Waals surface area contributed by atoms with Crippen LogP contribution in [0.1, 0.15) is 62.7 Å². The van der Waals surface area contributed by atoms with Crippen molar-refractivity contribution in [3.05, 3.63) is 77.1 Å².